The maximum Gasteiger partial charge on any atom is 0.0715 e. The molecule has 0 aliphatic rings. The summed E-state index contributed by atoms with van der Waals surface area (Å²) in [6, 6.07) is 4.24. The number of halogens is 1. The van der Waals surface area contributed by atoms with Gasteiger partial charge in [0.2, 0.25) is 0 Å². The van der Waals surface area contributed by atoms with Crippen molar-refractivity contribution in [2.24, 2.45) is 0 Å². The van der Waals surface area contributed by atoms with Gasteiger partial charge in [0.25, 0.3) is 0 Å². The zero-order valence-corrected chi connectivity index (χ0v) is 11.3. The summed E-state index contributed by atoms with van der Waals surface area (Å²) in [5.74, 6) is 6.01. The van der Waals surface area contributed by atoms with E-state index in [0.717, 1.165) is 29.6 Å². The molecule has 1 unspecified atom stereocenters. The van der Waals surface area contributed by atoms with Gasteiger partial charge in [-0.2, -0.15) is 0 Å². The van der Waals surface area contributed by atoms with E-state index in [4.69, 9.17) is 0 Å². The number of hydrogen-bond acceptors (Lipinski definition) is 2. The summed E-state index contributed by atoms with van der Waals surface area (Å²) >= 11 is 3.54. The van der Waals surface area contributed by atoms with E-state index >= 15 is 0 Å². The first-order valence-corrected chi connectivity index (χ1v) is 6.32. The normalized spacial score (nSPS) is 11.7. The zero-order valence-electron chi connectivity index (χ0n) is 9.76. The standard InChI is InChI=1S/C13H17BrN2/c1-3-5-6-9-12(15-4-2)13-11(14)8-7-10-16-13/h7-8,10,12,15H,4,6,9H2,1-2H3. The lowest BCUT2D eigenvalue weighted by Gasteiger charge is -2.17. The second-order valence-corrected chi connectivity index (χ2v) is 4.30. The van der Waals surface area contributed by atoms with Gasteiger partial charge < -0.3 is 5.32 Å². The average Bonchev–Trinajstić information content (AvgIpc) is 2.29. The van der Waals surface area contributed by atoms with E-state index in [1.165, 1.54) is 0 Å². The first-order valence-electron chi connectivity index (χ1n) is 5.53. The Morgan fingerprint density at radius 1 is 1.56 bits per heavy atom. The summed E-state index contributed by atoms with van der Waals surface area (Å²) in [6.45, 7) is 4.92. The fourth-order valence-electron chi connectivity index (χ4n) is 1.58. The molecule has 0 fully saturated rings. The highest BCUT2D eigenvalue weighted by Crippen LogP contribution is 2.23. The molecule has 2 nitrogen and oxygen atoms in total. The predicted octanol–water partition coefficient (Wildman–Crippen LogP) is 3.30. The molecule has 0 aromatic carbocycles. The van der Waals surface area contributed by atoms with Gasteiger partial charge >= 0.3 is 0 Å². The van der Waals surface area contributed by atoms with Crippen molar-refractivity contribution < 1.29 is 0 Å². The Kier molecular flexibility index (Phi) is 6.14. The molecule has 0 saturated carbocycles. The molecule has 16 heavy (non-hydrogen) atoms. The van der Waals surface area contributed by atoms with Crippen molar-refractivity contribution in [3.05, 3.63) is 28.5 Å². The van der Waals surface area contributed by atoms with Crippen LogP contribution in [0.2, 0.25) is 0 Å². The molecule has 0 saturated heterocycles. The van der Waals surface area contributed by atoms with E-state index in [0.29, 0.717) is 0 Å². The summed E-state index contributed by atoms with van der Waals surface area (Å²) in [7, 11) is 0. The zero-order chi connectivity index (χ0) is 11.8. The van der Waals surface area contributed by atoms with Gasteiger partial charge in [-0.1, -0.05) is 6.92 Å². The van der Waals surface area contributed by atoms with Crippen molar-refractivity contribution in [3.63, 3.8) is 0 Å². The van der Waals surface area contributed by atoms with Crippen LogP contribution < -0.4 is 5.32 Å². The molecule has 0 aliphatic heterocycles. The molecule has 1 rings (SSSR count). The van der Waals surface area contributed by atoms with Crippen LogP contribution >= 0.6 is 15.9 Å². The lowest BCUT2D eigenvalue weighted by Crippen LogP contribution is -2.22. The molecule has 1 aromatic heterocycles. The van der Waals surface area contributed by atoms with Crippen molar-refractivity contribution in [1.29, 1.82) is 0 Å². The van der Waals surface area contributed by atoms with Crippen LogP contribution in [0.5, 0.6) is 0 Å². The fourth-order valence-corrected chi connectivity index (χ4v) is 2.11. The van der Waals surface area contributed by atoms with Crippen molar-refractivity contribution >= 4 is 15.9 Å². The Hall–Kier alpha value is -0.850. The van der Waals surface area contributed by atoms with Gasteiger partial charge in [-0.25, -0.2) is 0 Å². The smallest absolute Gasteiger partial charge is 0.0715 e. The lowest BCUT2D eigenvalue weighted by atomic mass is 10.1. The molecule has 86 valence electrons. The van der Waals surface area contributed by atoms with Gasteiger partial charge in [-0.3, -0.25) is 4.98 Å². The molecule has 1 N–H and O–H groups in total. The molecular weight excluding hydrogens is 264 g/mol. The molecule has 3 heteroatoms. The minimum atomic E-state index is 0.279. The van der Waals surface area contributed by atoms with Crippen molar-refractivity contribution in [2.45, 2.75) is 32.7 Å². The van der Waals surface area contributed by atoms with Gasteiger partial charge in [0.1, 0.15) is 0 Å². The number of nitrogens with one attached hydrogen (secondary N) is 1. The average molecular weight is 281 g/mol. The van der Waals surface area contributed by atoms with Crippen LogP contribution in [0.4, 0.5) is 0 Å². The summed E-state index contributed by atoms with van der Waals surface area (Å²) in [6.07, 6.45) is 3.72. The highest BCUT2D eigenvalue weighted by Gasteiger charge is 2.13. The summed E-state index contributed by atoms with van der Waals surface area (Å²) in [4.78, 5) is 4.42. The Bertz CT molecular complexity index is 379. The van der Waals surface area contributed by atoms with Crippen LogP contribution in [0, 0.1) is 11.8 Å². The fraction of sp³-hybridized carbons (Fsp3) is 0.462. The number of hydrogen-bond donors (Lipinski definition) is 1. The molecule has 0 radical (unpaired) electrons. The Balaban J connectivity index is 2.75. The number of nitrogens with zero attached hydrogens (tertiary/aromatic N) is 1. The largest absolute Gasteiger partial charge is 0.309 e. The maximum atomic E-state index is 4.42. The molecule has 1 aromatic rings. The summed E-state index contributed by atoms with van der Waals surface area (Å²) < 4.78 is 1.06. The number of rotatable bonds is 5. The van der Waals surface area contributed by atoms with Gasteiger partial charge in [-0.05, 0) is 48.0 Å². The number of pyridine rings is 1. The van der Waals surface area contributed by atoms with Crippen LogP contribution in [0.1, 0.15) is 38.4 Å². The van der Waals surface area contributed by atoms with Crippen LogP contribution in [-0.2, 0) is 0 Å². The van der Waals surface area contributed by atoms with E-state index in [9.17, 15) is 0 Å². The van der Waals surface area contributed by atoms with Gasteiger partial charge in [0, 0.05) is 17.1 Å². The molecule has 0 aliphatic carbocycles. The third kappa shape index (κ3) is 3.96. The molecule has 0 bridgehead atoms. The van der Waals surface area contributed by atoms with Gasteiger partial charge in [0.15, 0.2) is 0 Å². The van der Waals surface area contributed by atoms with Gasteiger partial charge in [-0.15, -0.1) is 11.8 Å². The van der Waals surface area contributed by atoms with Crippen molar-refractivity contribution in [1.82, 2.24) is 10.3 Å². The molecule has 0 spiro atoms. The molecule has 0 amide bonds. The quantitative estimate of drug-likeness (QED) is 0.838. The van der Waals surface area contributed by atoms with E-state index in [-0.39, 0.29) is 6.04 Å². The minimum absolute atomic E-state index is 0.279. The third-order valence-corrected chi connectivity index (χ3v) is 2.97. The highest BCUT2D eigenvalue weighted by molar-refractivity contribution is 9.10. The second-order valence-electron chi connectivity index (χ2n) is 3.45. The maximum absolute atomic E-state index is 4.42. The first kappa shape index (κ1) is 13.2. The van der Waals surface area contributed by atoms with Gasteiger partial charge in [0.05, 0.1) is 11.7 Å². The Morgan fingerprint density at radius 2 is 2.38 bits per heavy atom. The monoisotopic (exact) mass is 280 g/mol. The van der Waals surface area contributed by atoms with Crippen molar-refractivity contribution in [2.75, 3.05) is 6.54 Å². The third-order valence-electron chi connectivity index (χ3n) is 2.30. The van der Waals surface area contributed by atoms with E-state index in [1.54, 1.807) is 0 Å². The topological polar surface area (TPSA) is 24.9 Å². The predicted molar refractivity (Wildman–Crippen MR) is 71.0 cm³/mol. The molecule has 1 heterocycles. The van der Waals surface area contributed by atoms with E-state index < -0.39 is 0 Å². The van der Waals surface area contributed by atoms with Crippen LogP contribution in [-0.4, -0.2) is 11.5 Å². The van der Waals surface area contributed by atoms with Crippen LogP contribution in [0.15, 0.2) is 22.8 Å². The molecule has 1 atom stereocenters. The van der Waals surface area contributed by atoms with E-state index in [2.05, 4.69) is 45.0 Å². The van der Waals surface area contributed by atoms with Crippen LogP contribution in [0.3, 0.4) is 0 Å². The van der Waals surface area contributed by atoms with Crippen molar-refractivity contribution in [3.8, 4) is 11.8 Å². The van der Waals surface area contributed by atoms with Crippen LogP contribution in [0.25, 0.3) is 0 Å². The Morgan fingerprint density at radius 3 is 3.00 bits per heavy atom. The van der Waals surface area contributed by atoms with E-state index in [1.807, 2.05) is 25.3 Å². The molecular formula is C13H17BrN2. The first-order chi connectivity index (χ1) is 7.79. The minimum Gasteiger partial charge on any atom is -0.309 e. The second kappa shape index (κ2) is 7.43. The number of aromatic nitrogens is 1. The Labute approximate surface area is 106 Å². The summed E-state index contributed by atoms with van der Waals surface area (Å²) in [5.41, 5.74) is 1.07. The highest BCUT2D eigenvalue weighted by atomic mass is 79.9. The SMILES string of the molecule is CC#CCCC(NCC)c1ncccc1Br. The summed E-state index contributed by atoms with van der Waals surface area (Å²) in [5, 5.41) is 3.44. The lowest BCUT2D eigenvalue weighted by molar-refractivity contribution is 0.508.